The number of nitrogens with two attached hydrogens (primary N) is 1. The van der Waals surface area contributed by atoms with Gasteiger partial charge in [0.05, 0.1) is 5.69 Å². The summed E-state index contributed by atoms with van der Waals surface area (Å²) in [6.45, 7) is 7.23. The molecule has 5 rings (SSSR count). The first kappa shape index (κ1) is 19.9. The molecule has 0 spiro atoms. The van der Waals surface area contributed by atoms with Crippen LogP contribution in [0.15, 0.2) is 6.07 Å². The molecule has 4 aliphatic carbocycles. The van der Waals surface area contributed by atoms with Crippen LogP contribution < -0.4 is 16.4 Å². The van der Waals surface area contributed by atoms with E-state index in [4.69, 9.17) is 5.73 Å². The lowest BCUT2D eigenvalue weighted by Gasteiger charge is -2.56. The van der Waals surface area contributed by atoms with E-state index in [9.17, 15) is 4.79 Å². The summed E-state index contributed by atoms with van der Waals surface area (Å²) < 4.78 is 1.87. The largest absolute Gasteiger partial charge is 0.350 e. The van der Waals surface area contributed by atoms with Gasteiger partial charge in [0.1, 0.15) is 5.69 Å². The van der Waals surface area contributed by atoms with Gasteiger partial charge in [-0.05, 0) is 101 Å². The van der Waals surface area contributed by atoms with Crippen molar-refractivity contribution < 1.29 is 4.79 Å². The number of hydrogen-bond acceptors (Lipinski definition) is 4. The molecule has 28 heavy (non-hydrogen) atoms. The van der Waals surface area contributed by atoms with Gasteiger partial charge in [-0.15, -0.1) is 0 Å². The number of nitrogens with one attached hydrogen (secondary N) is 2. The standard InChI is InChI=1S/C22H37N5O/c1-15(2)27-20(9-19(26-27)13-24-5-3-4-23)21(28)25-14-22-10-16-6-17(11-22)8-18(7-16)12-22/h9,15-18,24H,3-8,10-14,23H2,1-2H3,(H,25,28). The minimum atomic E-state index is 0.0325. The maximum atomic E-state index is 13.0. The number of hydrogen-bond donors (Lipinski definition) is 3. The second kappa shape index (κ2) is 8.15. The molecular weight excluding hydrogens is 350 g/mol. The van der Waals surface area contributed by atoms with Crippen LogP contribution in [-0.4, -0.2) is 35.3 Å². The molecule has 0 atom stereocenters. The van der Waals surface area contributed by atoms with Gasteiger partial charge in [0.15, 0.2) is 0 Å². The predicted molar refractivity (Wildman–Crippen MR) is 111 cm³/mol. The molecule has 0 unspecified atom stereocenters. The number of carbonyl (C=O) groups is 1. The van der Waals surface area contributed by atoms with Gasteiger partial charge < -0.3 is 16.4 Å². The van der Waals surface area contributed by atoms with Crippen LogP contribution in [0.25, 0.3) is 0 Å². The quantitative estimate of drug-likeness (QED) is 0.569. The normalized spacial score (nSPS) is 30.9. The lowest BCUT2D eigenvalue weighted by molar-refractivity contribution is -0.0503. The van der Waals surface area contributed by atoms with Crippen molar-refractivity contribution in [3.63, 3.8) is 0 Å². The maximum absolute atomic E-state index is 13.0. The van der Waals surface area contributed by atoms with Crippen molar-refractivity contribution in [3.8, 4) is 0 Å². The third-order valence-electron chi connectivity index (χ3n) is 7.16. The van der Waals surface area contributed by atoms with Crippen LogP contribution in [0.2, 0.25) is 0 Å². The van der Waals surface area contributed by atoms with E-state index in [0.717, 1.165) is 43.0 Å². The van der Waals surface area contributed by atoms with Crippen LogP contribution >= 0.6 is 0 Å². The van der Waals surface area contributed by atoms with Crippen LogP contribution in [-0.2, 0) is 6.54 Å². The number of carbonyl (C=O) groups excluding carboxylic acids is 1. The zero-order valence-electron chi connectivity index (χ0n) is 17.5. The van der Waals surface area contributed by atoms with Gasteiger partial charge in [-0.1, -0.05) is 0 Å². The molecule has 0 saturated heterocycles. The smallest absolute Gasteiger partial charge is 0.269 e. The molecule has 4 fully saturated rings. The molecule has 4 bridgehead atoms. The van der Waals surface area contributed by atoms with Gasteiger partial charge in [0, 0.05) is 19.1 Å². The van der Waals surface area contributed by atoms with Gasteiger partial charge >= 0.3 is 0 Å². The van der Waals surface area contributed by atoms with Gasteiger partial charge in [-0.3, -0.25) is 9.48 Å². The highest BCUT2D eigenvalue weighted by Crippen LogP contribution is 2.59. The number of aromatic nitrogens is 2. The summed E-state index contributed by atoms with van der Waals surface area (Å²) in [5.41, 5.74) is 7.52. The Labute approximate surface area is 169 Å². The molecule has 4 N–H and O–H groups in total. The molecule has 4 aliphatic rings. The summed E-state index contributed by atoms with van der Waals surface area (Å²) in [6.07, 6.45) is 9.22. The predicted octanol–water partition coefficient (Wildman–Crippen LogP) is 2.85. The Kier molecular flexibility index (Phi) is 5.79. The van der Waals surface area contributed by atoms with Crippen molar-refractivity contribution in [3.05, 3.63) is 17.5 Å². The second-order valence-corrected chi connectivity index (χ2v) is 9.98. The Hall–Kier alpha value is -1.40. The molecule has 156 valence electrons. The minimum Gasteiger partial charge on any atom is -0.350 e. The van der Waals surface area contributed by atoms with Crippen molar-refractivity contribution in [1.82, 2.24) is 20.4 Å². The fourth-order valence-corrected chi connectivity index (χ4v) is 6.40. The summed E-state index contributed by atoms with van der Waals surface area (Å²) in [4.78, 5) is 13.0. The van der Waals surface area contributed by atoms with Gasteiger partial charge in [0.2, 0.25) is 0 Å². The molecule has 0 aromatic carbocycles. The fourth-order valence-electron chi connectivity index (χ4n) is 6.40. The Balaban J connectivity index is 1.39. The van der Waals surface area contributed by atoms with E-state index in [-0.39, 0.29) is 11.9 Å². The van der Waals surface area contributed by atoms with E-state index in [1.807, 2.05) is 10.7 Å². The molecule has 6 heteroatoms. The first-order valence-electron chi connectivity index (χ1n) is 11.3. The Morgan fingerprint density at radius 3 is 2.46 bits per heavy atom. The van der Waals surface area contributed by atoms with Gasteiger partial charge in [-0.2, -0.15) is 5.10 Å². The topological polar surface area (TPSA) is 85.0 Å². The van der Waals surface area contributed by atoms with E-state index in [1.165, 1.54) is 38.5 Å². The van der Waals surface area contributed by atoms with Gasteiger partial charge in [-0.25, -0.2) is 0 Å². The van der Waals surface area contributed by atoms with E-state index >= 15 is 0 Å². The Bertz CT molecular complexity index is 660. The van der Waals surface area contributed by atoms with E-state index in [1.54, 1.807) is 0 Å². The number of rotatable bonds is 9. The SMILES string of the molecule is CC(C)n1nc(CNCCCN)cc1C(=O)NCC12CC3CC(CC(C3)C1)C2. The highest BCUT2D eigenvalue weighted by atomic mass is 16.2. The van der Waals surface area contributed by atoms with E-state index < -0.39 is 0 Å². The van der Waals surface area contributed by atoms with Crippen molar-refractivity contribution in [1.29, 1.82) is 0 Å². The van der Waals surface area contributed by atoms with Crippen molar-refractivity contribution in [2.45, 2.75) is 71.4 Å². The average molecular weight is 388 g/mol. The van der Waals surface area contributed by atoms with Crippen LogP contribution in [0.1, 0.15) is 81.0 Å². The minimum absolute atomic E-state index is 0.0325. The molecule has 1 heterocycles. The first-order chi connectivity index (χ1) is 13.5. The van der Waals surface area contributed by atoms with Crippen molar-refractivity contribution in [2.75, 3.05) is 19.6 Å². The van der Waals surface area contributed by atoms with Crippen LogP contribution in [0.3, 0.4) is 0 Å². The fraction of sp³-hybridized carbons (Fsp3) is 0.818. The molecule has 0 aliphatic heterocycles. The molecular formula is C22H37N5O. The van der Waals surface area contributed by atoms with Crippen molar-refractivity contribution in [2.24, 2.45) is 28.9 Å². The second-order valence-electron chi connectivity index (χ2n) is 9.98. The monoisotopic (exact) mass is 387 g/mol. The summed E-state index contributed by atoms with van der Waals surface area (Å²) in [7, 11) is 0. The molecule has 6 nitrogen and oxygen atoms in total. The lowest BCUT2D eigenvalue weighted by atomic mass is 9.49. The number of amides is 1. The molecule has 0 radical (unpaired) electrons. The third-order valence-corrected chi connectivity index (χ3v) is 7.16. The lowest BCUT2D eigenvalue weighted by Crippen LogP contribution is -2.51. The van der Waals surface area contributed by atoms with Crippen LogP contribution in [0, 0.1) is 23.2 Å². The molecule has 1 amide bonds. The first-order valence-corrected chi connectivity index (χ1v) is 11.3. The molecule has 1 aromatic rings. The highest BCUT2D eigenvalue weighted by molar-refractivity contribution is 5.92. The summed E-state index contributed by atoms with van der Waals surface area (Å²) >= 11 is 0. The average Bonchev–Trinajstić information content (AvgIpc) is 3.07. The highest BCUT2D eigenvalue weighted by Gasteiger charge is 2.50. The molecule has 4 saturated carbocycles. The third kappa shape index (κ3) is 4.13. The van der Waals surface area contributed by atoms with Crippen molar-refractivity contribution >= 4 is 5.91 Å². The number of nitrogens with zero attached hydrogens (tertiary/aromatic N) is 2. The van der Waals surface area contributed by atoms with Gasteiger partial charge in [0.25, 0.3) is 5.91 Å². The zero-order valence-corrected chi connectivity index (χ0v) is 17.5. The summed E-state index contributed by atoms with van der Waals surface area (Å²) in [6, 6.07) is 2.11. The van der Waals surface area contributed by atoms with Crippen LogP contribution in [0.4, 0.5) is 0 Å². The van der Waals surface area contributed by atoms with E-state index in [0.29, 0.717) is 24.2 Å². The zero-order chi connectivity index (χ0) is 19.7. The van der Waals surface area contributed by atoms with E-state index in [2.05, 4.69) is 29.6 Å². The molecule has 1 aromatic heterocycles. The Morgan fingerprint density at radius 2 is 1.89 bits per heavy atom. The summed E-state index contributed by atoms with van der Waals surface area (Å²) in [5, 5.41) is 11.3. The maximum Gasteiger partial charge on any atom is 0.269 e. The Morgan fingerprint density at radius 1 is 1.25 bits per heavy atom. The summed E-state index contributed by atoms with van der Waals surface area (Å²) in [5.74, 6) is 2.77. The van der Waals surface area contributed by atoms with Crippen LogP contribution in [0.5, 0.6) is 0 Å².